The minimum absolute atomic E-state index is 0.0233. The summed E-state index contributed by atoms with van der Waals surface area (Å²) in [5.41, 5.74) is 1.06. The number of hydrogen-bond donors (Lipinski definition) is 1. The van der Waals surface area contributed by atoms with E-state index in [1.165, 1.54) is 0 Å². The van der Waals surface area contributed by atoms with Crippen molar-refractivity contribution in [3.05, 3.63) is 35.5 Å². The van der Waals surface area contributed by atoms with Crippen LogP contribution in [-0.2, 0) is 6.54 Å². The van der Waals surface area contributed by atoms with Gasteiger partial charge in [0, 0.05) is 6.54 Å². The summed E-state index contributed by atoms with van der Waals surface area (Å²) in [4.78, 5) is 0. The fraction of sp³-hybridized carbons (Fsp3) is 0.571. The van der Waals surface area contributed by atoms with Gasteiger partial charge in [0.05, 0.1) is 11.9 Å². The van der Waals surface area contributed by atoms with Crippen molar-refractivity contribution in [1.82, 2.24) is 20.3 Å². The first-order valence-corrected chi connectivity index (χ1v) is 6.94. The van der Waals surface area contributed by atoms with E-state index in [0.717, 1.165) is 43.1 Å². The monoisotopic (exact) mass is 262 g/mol. The summed E-state index contributed by atoms with van der Waals surface area (Å²) < 4.78 is 7.72. The second kappa shape index (κ2) is 6.52. The lowest BCUT2D eigenvalue weighted by Gasteiger charge is -2.17. The highest BCUT2D eigenvalue weighted by molar-refractivity contribution is 5.19. The van der Waals surface area contributed by atoms with E-state index in [1.54, 1.807) is 0 Å². The van der Waals surface area contributed by atoms with E-state index >= 15 is 0 Å². The van der Waals surface area contributed by atoms with Crippen LogP contribution in [0.4, 0.5) is 0 Å². The average Bonchev–Trinajstić information content (AvgIpc) is 3.01. The second-order valence-corrected chi connectivity index (χ2v) is 4.72. The topological polar surface area (TPSA) is 55.9 Å². The van der Waals surface area contributed by atoms with E-state index < -0.39 is 0 Å². The Morgan fingerprint density at radius 2 is 2.16 bits per heavy atom. The molecule has 0 amide bonds. The van der Waals surface area contributed by atoms with Gasteiger partial charge in [0.15, 0.2) is 0 Å². The zero-order chi connectivity index (χ0) is 13.7. The number of furan rings is 1. The molecule has 5 heteroatoms. The highest BCUT2D eigenvalue weighted by atomic mass is 16.3. The molecule has 0 aliphatic heterocycles. The number of nitrogens with zero attached hydrogens (tertiary/aromatic N) is 3. The van der Waals surface area contributed by atoms with E-state index in [2.05, 4.69) is 29.5 Å². The summed E-state index contributed by atoms with van der Waals surface area (Å²) >= 11 is 0. The van der Waals surface area contributed by atoms with Gasteiger partial charge < -0.3 is 9.73 Å². The van der Waals surface area contributed by atoms with Crippen molar-refractivity contribution in [3.63, 3.8) is 0 Å². The van der Waals surface area contributed by atoms with E-state index in [0.29, 0.717) is 0 Å². The molecule has 0 aromatic carbocycles. The Balaban J connectivity index is 2.28. The standard InChI is InChI=1S/C14H22N4O/c1-4-8-15-14(13-7-6-11(3)19-13)12-10-16-17-18(12)9-5-2/h6-7,10,14-15H,4-5,8-9H2,1-3H3. The molecule has 2 aromatic heterocycles. The minimum Gasteiger partial charge on any atom is -0.464 e. The van der Waals surface area contributed by atoms with Gasteiger partial charge in [-0.3, -0.25) is 0 Å². The average molecular weight is 262 g/mol. The maximum atomic E-state index is 5.77. The molecule has 0 radical (unpaired) electrons. The van der Waals surface area contributed by atoms with Crippen LogP contribution in [0.1, 0.15) is 49.9 Å². The molecule has 1 atom stereocenters. The molecule has 104 valence electrons. The molecule has 0 bridgehead atoms. The van der Waals surface area contributed by atoms with Crippen LogP contribution in [0.15, 0.2) is 22.7 Å². The van der Waals surface area contributed by atoms with Gasteiger partial charge in [-0.05, 0) is 38.4 Å². The van der Waals surface area contributed by atoms with Crippen LogP contribution in [0.2, 0.25) is 0 Å². The number of rotatable bonds is 7. The van der Waals surface area contributed by atoms with Gasteiger partial charge in [-0.1, -0.05) is 19.1 Å². The molecule has 0 spiro atoms. The van der Waals surface area contributed by atoms with Crippen LogP contribution < -0.4 is 5.32 Å². The first kappa shape index (κ1) is 13.8. The molecule has 0 fully saturated rings. The zero-order valence-electron chi connectivity index (χ0n) is 11.9. The van der Waals surface area contributed by atoms with Gasteiger partial charge in [0.25, 0.3) is 0 Å². The van der Waals surface area contributed by atoms with Crippen LogP contribution in [0.5, 0.6) is 0 Å². The highest BCUT2D eigenvalue weighted by Crippen LogP contribution is 2.23. The van der Waals surface area contributed by atoms with Gasteiger partial charge in [-0.15, -0.1) is 5.10 Å². The Bertz CT molecular complexity index is 503. The van der Waals surface area contributed by atoms with Crippen molar-refractivity contribution in [2.24, 2.45) is 0 Å². The van der Waals surface area contributed by atoms with Crippen LogP contribution >= 0.6 is 0 Å². The third kappa shape index (κ3) is 3.23. The lowest BCUT2D eigenvalue weighted by atomic mass is 10.1. The Morgan fingerprint density at radius 3 is 2.79 bits per heavy atom. The predicted molar refractivity (Wildman–Crippen MR) is 73.9 cm³/mol. The molecule has 1 unspecified atom stereocenters. The molecular weight excluding hydrogens is 240 g/mol. The zero-order valence-corrected chi connectivity index (χ0v) is 11.9. The maximum absolute atomic E-state index is 5.77. The highest BCUT2D eigenvalue weighted by Gasteiger charge is 2.21. The van der Waals surface area contributed by atoms with Crippen LogP contribution in [0.25, 0.3) is 0 Å². The summed E-state index contributed by atoms with van der Waals surface area (Å²) in [7, 11) is 0. The third-order valence-electron chi connectivity index (χ3n) is 3.02. The van der Waals surface area contributed by atoms with Crippen molar-refractivity contribution >= 4 is 0 Å². The molecule has 0 aliphatic carbocycles. The largest absolute Gasteiger partial charge is 0.464 e. The molecule has 0 saturated heterocycles. The summed E-state index contributed by atoms with van der Waals surface area (Å²) in [6.45, 7) is 8.05. The Morgan fingerprint density at radius 1 is 1.32 bits per heavy atom. The minimum atomic E-state index is 0.0233. The quantitative estimate of drug-likeness (QED) is 0.833. The molecule has 2 rings (SSSR count). The van der Waals surface area contributed by atoms with Gasteiger partial charge in [0.1, 0.15) is 17.6 Å². The molecular formula is C14H22N4O. The normalized spacial score (nSPS) is 12.8. The molecule has 1 N–H and O–H groups in total. The van der Waals surface area contributed by atoms with Gasteiger partial charge in [0.2, 0.25) is 0 Å². The van der Waals surface area contributed by atoms with E-state index in [-0.39, 0.29) is 6.04 Å². The van der Waals surface area contributed by atoms with Crippen molar-refractivity contribution in [1.29, 1.82) is 0 Å². The number of nitrogens with one attached hydrogen (secondary N) is 1. The number of aromatic nitrogens is 3. The summed E-state index contributed by atoms with van der Waals surface area (Å²) in [5.74, 6) is 1.85. The molecule has 19 heavy (non-hydrogen) atoms. The summed E-state index contributed by atoms with van der Waals surface area (Å²) in [5, 5.41) is 11.7. The van der Waals surface area contributed by atoms with Crippen LogP contribution in [0, 0.1) is 6.92 Å². The first-order valence-electron chi connectivity index (χ1n) is 6.94. The smallest absolute Gasteiger partial charge is 0.127 e. The Hall–Kier alpha value is -1.62. The molecule has 0 saturated carbocycles. The van der Waals surface area contributed by atoms with Gasteiger partial charge in [-0.2, -0.15) is 0 Å². The Labute approximate surface area is 114 Å². The van der Waals surface area contributed by atoms with Gasteiger partial charge >= 0.3 is 0 Å². The van der Waals surface area contributed by atoms with Crippen molar-refractivity contribution in [3.8, 4) is 0 Å². The molecule has 5 nitrogen and oxygen atoms in total. The lowest BCUT2D eigenvalue weighted by molar-refractivity contribution is 0.411. The Kier molecular flexibility index (Phi) is 4.74. The molecule has 2 heterocycles. The van der Waals surface area contributed by atoms with E-state index in [4.69, 9.17) is 4.42 Å². The van der Waals surface area contributed by atoms with Crippen LogP contribution in [-0.4, -0.2) is 21.5 Å². The molecule has 0 aliphatic rings. The summed E-state index contributed by atoms with van der Waals surface area (Å²) in [6, 6.07) is 4.03. The van der Waals surface area contributed by atoms with Crippen molar-refractivity contribution in [2.45, 2.75) is 46.2 Å². The van der Waals surface area contributed by atoms with E-state index in [1.807, 2.05) is 29.9 Å². The van der Waals surface area contributed by atoms with Crippen molar-refractivity contribution in [2.75, 3.05) is 6.54 Å². The first-order chi connectivity index (χ1) is 9.26. The third-order valence-corrected chi connectivity index (χ3v) is 3.02. The van der Waals surface area contributed by atoms with Crippen LogP contribution in [0.3, 0.4) is 0 Å². The van der Waals surface area contributed by atoms with Gasteiger partial charge in [-0.25, -0.2) is 4.68 Å². The lowest BCUT2D eigenvalue weighted by Crippen LogP contribution is -2.25. The van der Waals surface area contributed by atoms with Crippen molar-refractivity contribution < 1.29 is 4.42 Å². The predicted octanol–water partition coefficient (Wildman–Crippen LogP) is 2.68. The SMILES string of the molecule is CCCNC(c1ccc(C)o1)c1cnnn1CCC. The van der Waals surface area contributed by atoms with E-state index in [9.17, 15) is 0 Å². The molecule has 2 aromatic rings. The fourth-order valence-corrected chi connectivity index (χ4v) is 2.12. The summed E-state index contributed by atoms with van der Waals surface area (Å²) in [6.07, 6.45) is 3.93. The fourth-order valence-electron chi connectivity index (χ4n) is 2.12. The number of hydrogen-bond acceptors (Lipinski definition) is 4. The second-order valence-electron chi connectivity index (χ2n) is 4.72. The number of aryl methyl sites for hydroxylation is 2. The maximum Gasteiger partial charge on any atom is 0.127 e.